The molecule has 6 heteroatoms. The summed E-state index contributed by atoms with van der Waals surface area (Å²) in [7, 11) is 0. The van der Waals surface area contributed by atoms with Gasteiger partial charge < -0.3 is 9.88 Å². The fraction of sp³-hybridized carbons (Fsp3) is 0.125. The van der Waals surface area contributed by atoms with Gasteiger partial charge in [0.25, 0.3) is 5.91 Å². The minimum Gasteiger partial charge on any atom is -0.322 e. The number of amides is 1. The van der Waals surface area contributed by atoms with E-state index in [2.05, 4.69) is 20.5 Å². The molecule has 0 saturated carbocycles. The highest BCUT2D eigenvalue weighted by atomic mass is 16.1. The second-order valence-electron chi connectivity index (χ2n) is 4.92. The van der Waals surface area contributed by atoms with E-state index in [-0.39, 0.29) is 5.91 Å². The van der Waals surface area contributed by atoms with Crippen molar-refractivity contribution in [2.45, 2.75) is 13.8 Å². The summed E-state index contributed by atoms with van der Waals surface area (Å²) in [6.45, 7) is 4.00. The molecule has 1 N–H and O–H groups in total. The van der Waals surface area contributed by atoms with Crippen molar-refractivity contribution in [3.8, 4) is 5.69 Å². The third-order valence-corrected chi connectivity index (χ3v) is 3.50. The summed E-state index contributed by atoms with van der Waals surface area (Å²) in [6, 6.07) is 9.21. The molecule has 0 bridgehead atoms. The maximum Gasteiger partial charge on any atom is 0.257 e. The molecule has 2 aromatic heterocycles. The highest BCUT2D eigenvalue weighted by Gasteiger charge is 2.07. The Bertz CT molecular complexity index is 793. The number of carbonyl (C=O) groups excluding carboxylic acids is 1. The summed E-state index contributed by atoms with van der Waals surface area (Å²) in [5.74, 6) is -0.211. The summed E-state index contributed by atoms with van der Waals surface area (Å²) < 4.78 is 2.01. The molecule has 0 aliphatic rings. The Morgan fingerprint density at radius 1 is 1.09 bits per heavy atom. The fourth-order valence-electron chi connectivity index (χ4n) is 2.09. The lowest BCUT2D eigenvalue weighted by Crippen LogP contribution is -2.12. The number of carbonyl (C=O) groups is 1. The van der Waals surface area contributed by atoms with Gasteiger partial charge in [0.05, 0.1) is 30.0 Å². The summed E-state index contributed by atoms with van der Waals surface area (Å²) in [4.78, 5) is 16.3. The second-order valence-corrected chi connectivity index (χ2v) is 4.92. The molecule has 0 spiro atoms. The number of aryl methyl sites for hydroxylation is 1. The Morgan fingerprint density at radius 2 is 1.86 bits per heavy atom. The van der Waals surface area contributed by atoms with Gasteiger partial charge in [-0.3, -0.25) is 4.79 Å². The van der Waals surface area contributed by atoms with Crippen LogP contribution in [0.1, 0.15) is 21.7 Å². The van der Waals surface area contributed by atoms with Crippen molar-refractivity contribution in [1.29, 1.82) is 0 Å². The van der Waals surface area contributed by atoms with Gasteiger partial charge in [-0.25, -0.2) is 4.98 Å². The molecule has 1 amide bonds. The van der Waals surface area contributed by atoms with Gasteiger partial charge in [-0.15, -0.1) is 0 Å². The molecule has 2 heterocycles. The van der Waals surface area contributed by atoms with E-state index in [4.69, 9.17) is 0 Å². The van der Waals surface area contributed by atoms with Crippen LogP contribution >= 0.6 is 0 Å². The molecule has 0 fully saturated rings. The monoisotopic (exact) mass is 293 g/mol. The average Bonchev–Trinajstić information content (AvgIpc) is 2.89. The van der Waals surface area contributed by atoms with Gasteiger partial charge in [0.15, 0.2) is 0 Å². The van der Waals surface area contributed by atoms with Crippen molar-refractivity contribution in [2.75, 3.05) is 5.32 Å². The molecule has 0 atom stereocenters. The van der Waals surface area contributed by atoms with E-state index < -0.39 is 0 Å². The number of nitrogens with one attached hydrogen (secondary N) is 1. The minimum absolute atomic E-state index is 0.211. The molecule has 0 aliphatic carbocycles. The highest BCUT2D eigenvalue weighted by molar-refractivity contribution is 6.03. The van der Waals surface area contributed by atoms with E-state index in [0.29, 0.717) is 5.56 Å². The summed E-state index contributed by atoms with van der Waals surface area (Å²) in [5, 5.41) is 10.2. The van der Waals surface area contributed by atoms with Gasteiger partial charge in [-0.2, -0.15) is 10.2 Å². The largest absolute Gasteiger partial charge is 0.322 e. The smallest absolute Gasteiger partial charge is 0.257 e. The summed E-state index contributed by atoms with van der Waals surface area (Å²) >= 11 is 0. The van der Waals surface area contributed by atoms with Crippen molar-refractivity contribution in [3.05, 3.63) is 66.0 Å². The third-order valence-electron chi connectivity index (χ3n) is 3.50. The number of benzene rings is 1. The molecule has 1 aromatic carbocycles. The van der Waals surface area contributed by atoms with E-state index in [9.17, 15) is 4.79 Å². The van der Waals surface area contributed by atoms with Crippen LogP contribution in [0.15, 0.2) is 49.1 Å². The van der Waals surface area contributed by atoms with Crippen LogP contribution in [0.25, 0.3) is 5.69 Å². The highest BCUT2D eigenvalue weighted by Crippen LogP contribution is 2.17. The number of nitrogens with zero attached hydrogens (tertiary/aromatic N) is 4. The molecule has 0 saturated heterocycles. The van der Waals surface area contributed by atoms with Crippen LogP contribution in [0.2, 0.25) is 0 Å². The zero-order valence-electron chi connectivity index (χ0n) is 12.3. The topological polar surface area (TPSA) is 72.7 Å². The molecule has 110 valence electrons. The maximum atomic E-state index is 12.0. The third kappa shape index (κ3) is 2.71. The number of aromatic nitrogens is 4. The predicted molar refractivity (Wildman–Crippen MR) is 83.0 cm³/mol. The molecule has 3 aromatic rings. The van der Waals surface area contributed by atoms with E-state index >= 15 is 0 Å². The van der Waals surface area contributed by atoms with Crippen LogP contribution < -0.4 is 5.32 Å². The van der Waals surface area contributed by atoms with Gasteiger partial charge in [0.2, 0.25) is 0 Å². The molecule has 0 radical (unpaired) electrons. The van der Waals surface area contributed by atoms with E-state index in [1.165, 1.54) is 12.4 Å². The van der Waals surface area contributed by atoms with E-state index in [1.54, 1.807) is 12.4 Å². The molecule has 22 heavy (non-hydrogen) atoms. The Balaban J connectivity index is 1.77. The van der Waals surface area contributed by atoms with Crippen LogP contribution in [0.3, 0.4) is 0 Å². The van der Waals surface area contributed by atoms with Crippen LogP contribution in [0.5, 0.6) is 0 Å². The quantitative estimate of drug-likeness (QED) is 0.805. The fourth-order valence-corrected chi connectivity index (χ4v) is 2.09. The Hall–Kier alpha value is -3.02. The van der Waals surface area contributed by atoms with Gasteiger partial charge in [0.1, 0.15) is 0 Å². The molecular formula is C16H15N5O. The van der Waals surface area contributed by atoms with Crippen LogP contribution in [-0.4, -0.2) is 25.7 Å². The Morgan fingerprint density at radius 3 is 2.45 bits per heavy atom. The van der Waals surface area contributed by atoms with E-state index in [0.717, 1.165) is 22.8 Å². The van der Waals surface area contributed by atoms with Gasteiger partial charge in [-0.05, 0) is 44.2 Å². The first-order chi connectivity index (χ1) is 10.6. The maximum absolute atomic E-state index is 12.0. The normalized spacial score (nSPS) is 10.5. The average molecular weight is 293 g/mol. The predicted octanol–water partition coefficient (Wildman–Crippen LogP) is 2.53. The lowest BCUT2D eigenvalue weighted by molar-refractivity contribution is 0.102. The zero-order chi connectivity index (χ0) is 15.5. The molecular weight excluding hydrogens is 278 g/mol. The van der Waals surface area contributed by atoms with Crippen molar-refractivity contribution < 1.29 is 4.79 Å². The number of imidazole rings is 1. The van der Waals surface area contributed by atoms with Gasteiger partial charge in [0, 0.05) is 17.1 Å². The van der Waals surface area contributed by atoms with Crippen LogP contribution in [0.4, 0.5) is 5.69 Å². The number of rotatable bonds is 3. The minimum atomic E-state index is -0.211. The van der Waals surface area contributed by atoms with Gasteiger partial charge >= 0.3 is 0 Å². The lowest BCUT2D eigenvalue weighted by Gasteiger charge is -2.08. The number of anilines is 1. The lowest BCUT2D eigenvalue weighted by atomic mass is 10.2. The first-order valence-corrected chi connectivity index (χ1v) is 6.84. The zero-order valence-corrected chi connectivity index (χ0v) is 12.3. The van der Waals surface area contributed by atoms with Crippen molar-refractivity contribution in [1.82, 2.24) is 19.7 Å². The first-order valence-electron chi connectivity index (χ1n) is 6.84. The van der Waals surface area contributed by atoms with Crippen LogP contribution in [0, 0.1) is 13.8 Å². The first kappa shape index (κ1) is 13.9. The molecule has 6 nitrogen and oxygen atoms in total. The Labute approximate surface area is 127 Å². The standard InChI is InChI=1S/C16H15N5O/c1-11-12(2)21(10-17-11)15-5-3-14(4-6-15)20-16(22)13-7-8-18-19-9-13/h3-10H,1-2H3,(H,20,22). The second kappa shape index (κ2) is 5.77. The van der Waals surface area contributed by atoms with Crippen molar-refractivity contribution in [2.24, 2.45) is 0 Å². The number of hydrogen-bond donors (Lipinski definition) is 1. The summed E-state index contributed by atoms with van der Waals surface area (Å²) in [6.07, 6.45) is 4.71. The molecule has 0 aliphatic heterocycles. The molecule has 0 unspecified atom stereocenters. The Kier molecular flexibility index (Phi) is 3.65. The number of hydrogen-bond acceptors (Lipinski definition) is 4. The molecule has 3 rings (SSSR count). The van der Waals surface area contributed by atoms with Crippen molar-refractivity contribution >= 4 is 11.6 Å². The van der Waals surface area contributed by atoms with Crippen molar-refractivity contribution in [3.63, 3.8) is 0 Å². The van der Waals surface area contributed by atoms with Crippen LogP contribution in [-0.2, 0) is 0 Å². The summed E-state index contributed by atoms with van der Waals surface area (Å²) in [5.41, 5.74) is 4.30. The van der Waals surface area contributed by atoms with E-state index in [1.807, 2.05) is 42.7 Å². The SMILES string of the molecule is Cc1ncn(-c2ccc(NC(=O)c3ccnnc3)cc2)c1C. The van der Waals surface area contributed by atoms with Gasteiger partial charge in [-0.1, -0.05) is 0 Å².